The summed E-state index contributed by atoms with van der Waals surface area (Å²) < 4.78 is 7.64. The Hall–Kier alpha value is -2.46. The van der Waals surface area contributed by atoms with Gasteiger partial charge in [-0.15, -0.1) is 11.3 Å². The summed E-state index contributed by atoms with van der Waals surface area (Å²) in [7, 11) is 1.59. The van der Waals surface area contributed by atoms with Crippen molar-refractivity contribution in [2.75, 3.05) is 26.0 Å². The minimum atomic E-state index is -0.0641. The largest absolute Gasteiger partial charge is 0.496 e. The molecule has 3 heterocycles. The molecule has 1 aliphatic rings. The molecule has 4 aromatic rings. The topological polar surface area (TPSA) is 64.4 Å². The molecule has 0 fully saturated rings. The number of halogens is 1. The maximum Gasteiger partial charge on any atom is 0.267 e. The van der Waals surface area contributed by atoms with Crippen LogP contribution in [-0.4, -0.2) is 46.2 Å². The van der Waals surface area contributed by atoms with E-state index in [1.807, 2.05) is 30.3 Å². The summed E-state index contributed by atoms with van der Waals surface area (Å²) in [6, 6.07) is 14.8. The minimum Gasteiger partial charge on any atom is -0.496 e. The van der Waals surface area contributed by atoms with Crippen molar-refractivity contribution in [3.05, 3.63) is 79.4 Å². The Morgan fingerprint density at radius 1 is 1.23 bits per heavy atom. The fraction of sp³-hybridized carbons (Fsp3) is 0.269. The smallest absolute Gasteiger partial charge is 0.267 e. The summed E-state index contributed by atoms with van der Waals surface area (Å²) in [4.78, 5) is 36.1. The van der Waals surface area contributed by atoms with E-state index in [1.54, 1.807) is 41.2 Å². The second-order valence-electron chi connectivity index (χ2n) is 8.23. The van der Waals surface area contributed by atoms with Crippen molar-refractivity contribution in [2.24, 2.45) is 0 Å². The molecule has 0 spiro atoms. The molecule has 0 amide bonds. The number of ether oxygens (including phenoxy) is 1. The van der Waals surface area contributed by atoms with Crippen molar-refractivity contribution in [3.8, 4) is 11.4 Å². The number of hydrogen-bond acceptors (Lipinski definition) is 7. The average molecular weight is 571 g/mol. The van der Waals surface area contributed by atoms with Gasteiger partial charge in [0.25, 0.3) is 5.56 Å². The lowest BCUT2D eigenvalue weighted by Gasteiger charge is -2.25. The molecule has 9 heteroatoms. The van der Waals surface area contributed by atoms with Crippen LogP contribution in [0.1, 0.15) is 27.7 Å². The predicted octanol–water partition coefficient (Wildman–Crippen LogP) is 5.57. The van der Waals surface area contributed by atoms with Crippen LogP contribution in [0.4, 0.5) is 0 Å². The van der Waals surface area contributed by atoms with Gasteiger partial charge in [0.2, 0.25) is 0 Å². The summed E-state index contributed by atoms with van der Waals surface area (Å²) in [5.74, 6) is 0.789. The van der Waals surface area contributed by atoms with Crippen LogP contribution < -0.4 is 10.3 Å². The number of thiophene rings is 1. The Kier molecular flexibility index (Phi) is 7.11. The van der Waals surface area contributed by atoms with Crippen molar-refractivity contribution >= 4 is 55.0 Å². The third kappa shape index (κ3) is 4.70. The highest BCUT2D eigenvalue weighted by molar-refractivity contribution is 9.10. The molecule has 0 atom stereocenters. The second kappa shape index (κ2) is 10.3. The van der Waals surface area contributed by atoms with Crippen LogP contribution in [-0.2, 0) is 13.0 Å². The van der Waals surface area contributed by atoms with Crippen LogP contribution in [0.3, 0.4) is 0 Å². The van der Waals surface area contributed by atoms with Crippen LogP contribution in [0.5, 0.6) is 5.75 Å². The fourth-order valence-corrected chi connectivity index (χ4v) is 7.05. The number of aromatic nitrogens is 2. The van der Waals surface area contributed by atoms with E-state index in [2.05, 4.69) is 27.8 Å². The molecule has 0 saturated heterocycles. The van der Waals surface area contributed by atoms with E-state index in [0.717, 1.165) is 52.0 Å². The number of ketones is 1. The second-order valence-corrected chi connectivity index (χ2v) is 11.1. The normalized spacial score (nSPS) is 13.7. The number of rotatable bonds is 7. The summed E-state index contributed by atoms with van der Waals surface area (Å²) >= 11 is 6.34. The fourth-order valence-electron chi connectivity index (χ4n) is 4.30. The number of thioether (sulfide) groups is 1. The third-order valence-corrected chi connectivity index (χ3v) is 8.86. The van der Waals surface area contributed by atoms with Gasteiger partial charge in [-0.25, -0.2) is 4.98 Å². The number of carbonyl (C=O) groups is 1. The van der Waals surface area contributed by atoms with Gasteiger partial charge >= 0.3 is 0 Å². The highest BCUT2D eigenvalue weighted by atomic mass is 79.9. The molecule has 35 heavy (non-hydrogen) atoms. The molecule has 1 aliphatic heterocycles. The molecule has 5 rings (SSSR count). The van der Waals surface area contributed by atoms with Crippen molar-refractivity contribution in [1.82, 2.24) is 14.5 Å². The zero-order valence-electron chi connectivity index (χ0n) is 19.4. The van der Waals surface area contributed by atoms with Crippen LogP contribution in [0.25, 0.3) is 15.9 Å². The zero-order valence-corrected chi connectivity index (χ0v) is 22.6. The van der Waals surface area contributed by atoms with Gasteiger partial charge < -0.3 is 4.74 Å². The lowest BCUT2D eigenvalue weighted by atomic mass is 10.1. The first-order valence-electron chi connectivity index (χ1n) is 11.3. The first kappa shape index (κ1) is 24.2. The Morgan fingerprint density at radius 3 is 2.74 bits per heavy atom. The monoisotopic (exact) mass is 569 g/mol. The maximum absolute atomic E-state index is 13.9. The molecule has 180 valence electrons. The number of Topliss-reactive ketones (excluding diaryl/α,β-unsaturated/α-hetero) is 1. The van der Waals surface area contributed by atoms with Crippen LogP contribution in [0.15, 0.2) is 63.0 Å². The molecule has 2 aromatic heterocycles. The summed E-state index contributed by atoms with van der Waals surface area (Å²) in [5.41, 5.74) is 2.39. The minimum absolute atomic E-state index is 0.0450. The van der Waals surface area contributed by atoms with Gasteiger partial charge in [0.15, 0.2) is 10.9 Å². The molecule has 0 saturated carbocycles. The number of likely N-dealkylation sites (N-methyl/N-ethyl adjacent to an activating group) is 1. The number of hydrogen-bond donors (Lipinski definition) is 0. The van der Waals surface area contributed by atoms with Crippen molar-refractivity contribution < 1.29 is 9.53 Å². The van der Waals surface area contributed by atoms with Gasteiger partial charge in [0.1, 0.15) is 10.6 Å². The molecule has 2 aromatic carbocycles. The molecular formula is C26H24BrN3O3S2. The molecule has 0 bridgehead atoms. The summed E-state index contributed by atoms with van der Waals surface area (Å²) in [6.07, 6.45) is 0.853. The molecule has 0 unspecified atom stereocenters. The molecular weight excluding hydrogens is 546 g/mol. The predicted molar refractivity (Wildman–Crippen MR) is 146 cm³/mol. The summed E-state index contributed by atoms with van der Waals surface area (Å²) in [6.45, 7) is 4.94. The van der Waals surface area contributed by atoms with Gasteiger partial charge in [-0.05, 0) is 64.8 Å². The van der Waals surface area contributed by atoms with Gasteiger partial charge in [-0.1, -0.05) is 36.9 Å². The Balaban J connectivity index is 1.54. The molecule has 6 nitrogen and oxygen atoms in total. The lowest BCUT2D eigenvalue weighted by molar-refractivity contribution is 0.102. The quantitative estimate of drug-likeness (QED) is 0.165. The van der Waals surface area contributed by atoms with Crippen molar-refractivity contribution in [3.63, 3.8) is 0 Å². The zero-order chi connectivity index (χ0) is 24.5. The lowest BCUT2D eigenvalue weighted by Crippen LogP contribution is -2.30. The number of benzene rings is 2. The Labute approximate surface area is 220 Å². The number of carbonyl (C=O) groups excluding carboxylic acids is 1. The van der Waals surface area contributed by atoms with Crippen molar-refractivity contribution in [1.29, 1.82) is 0 Å². The van der Waals surface area contributed by atoms with Gasteiger partial charge in [0.05, 0.1) is 28.4 Å². The van der Waals surface area contributed by atoms with Crippen LogP contribution >= 0.6 is 39.0 Å². The standard InChI is InChI=1S/C26H24BrN3O3S2/c1-3-29-12-11-18-22(14-29)35-24-23(18)25(32)30(17-7-5-4-6-8-17)26(28-24)34-15-20(31)16-9-10-21(33-2)19(27)13-16/h4-10,13H,3,11-12,14-15H2,1-2H3. The van der Waals surface area contributed by atoms with Gasteiger partial charge in [-0.2, -0.15) is 0 Å². The third-order valence-electron chi connectivity index (χ3n) is 6.19. The maximum atomic E-state index is 13.9. The molecule has 0 N–H and O–H groups in total. The van der Waals surface area contributed by atoms with Crippen molar-refractivity contribution in [2.45, 2.75) is 25.0 Å². The van der Waals surface area contributed by atoms with Crippen LogP contribution in [0.2, 0.25) is 0 Å². The average Bonchev–Trinajstić information content (AvgIpc) is 3.25. The molecule has 0 radical (unpaired) electrons. The van der Waals surface area contributed by atoms with E-state index >= 15 is 0 Å². The Morgan fingerprint density at radius 2 is 2.03 bits per heavy atom. The summed E-state index contributed by atoms with van der Waals surface area (Å²) in [5, 5.41) is 1.25. The first-order valence-corrected chi connectivity index (χ1v) is 13.9. The highest BCUT2D eigenvalue weighted by Crippen LogP contribution is 2.34. The first-order chi connectivity index (χ1) is 17.0. The number of fused-ring (bicyclic) bond motifs is 3. The number of methoxy groups -OCH3 is 1. The van der Waals surface area contributed by atoms with E-state index in [9.17, 15) is 9.59 Å². The Bertz CT molecular complexity index is 1470. The van der Waals surface area contributed by atoms with E-state index in [-0.39, 0.29) is 17.1 Å². The molecule has 0 aliphatic carbocycles. The van der Waals surface area contributed by atoms with Crippen LogP contribution in [0, 0.1) is 0 Å². The van der Waals surface area contributed by atoms with E-state index in [1.165, 1.54) is 16.6 Å². The SMILES string of the molecule is CCN1CCc2c(sc3nc(SCC(=O)c4ccc(OC)c(Br)c4)n(-c4ccccc4)c(=O)c23)C1. The van der Waals surface area contributed by atoms with Gasteiger partial charge in [-0.3, -0.25) is 19.1 Å². The number of para-hydroxylation sites is 1. The van der Waals surface area contributed by atoms with E-state index < -0.39 is 0 Å². The van der Waals surface area contributed by atoms with Gasteiger partial charge in [0, 0.05) is 23.5 Å². The van der Waals surface area contributed by atoms with E-state index in [4.69, 9.17) is 9.72 Å². The number of nitrogens with zero attached hydrogens (tertiary/aromatic N) is 3. The highest BCUT2D eigenvalue weighted by Gasteiger charge is 2.25. The van der Waals surface area contributed by atoms with E-state index in [0.29, 0.717) is 16.5 Å².